The van der Waals surface area contributed by atoms with Crippen molar-refractivity contribution in [1.82, 2.24) is 0 Å². The van der Waals surface area contributed by atoms with Crippen molar-refractivity contribution in [3.05, 3.63) is 51.2 Å². The van der Waals surface area contributed by atoms with Crippen LogP contribution < -0.4 is 10.2 Å². The van der Waals surface area contributed by atoms with Gasteiger partial charge in [0.25, 0.3) is 5.91 Å². The number of quaternary nitrogens is 1. The quantitative estimate of drug-likeness (QED) is 0.849. The van der Waals surface area contributed by atoms with Gasteiger partial charge in [-0.1, -0.05) is 25.1 Å². The molecule has 3 nitrogen and oxygen atoms in total. The van der Waals surface area contributed by atoms with E-state index in [2.05, 4.69) is 48.8 Å². The van der Waals surface area contributed by atoms with Gasteiger partial charge in [-0.05, 0) is 48.8 Å². The molecule has 2 aromatic rings. The van der Waals surface area contributed by atoms with Crippen molar-refractivity contribution in [2.75, 3.05) is 18.4 Å². The van der Waals surface area contributed by atoms with Crippen LogP contribution in [-0.2, 0) is 17.6 Å². The second-order valence-electron chi connectivity index (χ2n) is 7.46. The van der Waals surface area contributed by atoms with Gasteiger partial charge in [0.15, 0.2) is 6.54 Å². The van der Waals surface area contributed by atoms with E-state index in [1.165, 1.54) is 28.9 Å². The summed E-state index contributed by atoms with van der Waals surface area (Å²) in [4.78, 5) is 15.8. The number of para-hydroxylation sites is 1. The van der Waals surface area contributed by atoms with Gasteiger partial charge in [-0.2, -0.15) is 0 Å². The first-order valence-corrected chi connectivity index (χ1v) is 10.3. The third-order valence-electron chi connectivity index (χ3n) is 5.71. The molecule has 0 bridgehead atoms. The number of thiophene rings is 1. The summed E-state index contributed by atoms with van der Waals surface area (Å²) in [6, 6.07) is 9.09. The van der Waals surface area contributed by atoms with E-state index in [1.54, 1.807) is 4.88 Å². The van der Waals surface area contributed by atoms with E-state index in [0.29, 0.717) is 12.6 Å². The fraction of sp³-hybridized carbons (Fsp3) is 0.476. The molecule has 2 aliphatic rings. The predicted molar refractivity (Wildman–Crippen MR) is 103 cm³/mol. The minimum absolute atomic E-state index is 0.156. The average Bonchev–Trinajstić information content (AvgIpc) is 3.32. The summed E-state index contributed by atoms with van der Waals surface area (Å²) in [6.45, 7) is 5.87. The van der Waals surface area contributed by atoms with Crippen LogP contribution in [0.2, 0.25) is 0 Å². The van der Waals surface area contributed by atoms with Crippen LogP contribution in [0.25, 0.3) is 0 Å². The number of carbonyl (C=O) groups is 1. The summed E-state index contributed by atoms with van der Waals surface area (Å²) in [5.74, 6) is 0.935. The monoisotopic (exact) mass is 355 g/mol. The van der Waals surface area contributed by atoms with Crippen LogP contribution in [0.5, 0.6) is 0 Å². The number of hydrogen-bond donors (Lipinski definition) is 2. The van der Waals surface area contributed by atoms with Crippen molar-refractivity contribution >= 4 is 22.9 Å². The Hall–Kier alpha value is -1.65. The van der Waals surface area contributed by atoms with E-state index in [-0.39, 0.29) is 5.91 Å². The largest absolute Gasteiger partial charge is 0.321 e. The van der Waals surface area contributed by atoms with E-state index in [0.717, 1.165) is 36.6 Å². The Bertz CT molecular complexity index is 778. The second kappa shape index (κ2) is 6.93. The molecule has 4 rings (SSSR count). The molecule has 132 valence electrons. The maximum Gasteiger partial charge on any atom is 0.279 e. The second-order valence-corrected chi connectivity index (χ2v) is 8.46. The Morgan fingerprint density at radius 3 is 2.92 bits per heavy atom. The van der Waals surface area contributed by atoms with E-state index in [1.807, 2.05) is 11.3 Å². The van der Waals surface area contributed by atoms with Crippen LogP contribution in [0.1, 0.15) is 47.4 Å². The van der Waals surface area contributed by atoms with Gasteiger partial charge in [-0.3, -0.25) is 4.79 Å². The SMILES string of the molecule is CCc1cccc(C)c1NC(=O)C[NH+]1CCc2sccc2[C@@H]1C1CC1. The first kappa shape index (κ1) is 16.8. The van der Waals surface area contributed by atoms with Crippen LogP contribution in [-0.4, -0.2) is 19.0 Å². The van der Waals surface area contributed by atoms with Crippen molar-refractivity contribution in [2.24, 2.45) is 5.92 Å². The van der Waals surface area contributed by atoms with Gasteiger partial charge in [-0.25, -0.2) is 0 Å². The molecular formula is C21H27N2OS+. The molecule has 1 unspecified atom stereocenters. The number of rotatable bonds is 5. The summed E-state index contributed by atoms with van der Waals surface area (Å²) in [7, 11) is 0. The van der Waals surface area contributed by atoms with Crippen LogP contribution in [0.15, 0.2) is 29.6 Å². The van der Waals surface area contributed by atoms with Crippen LogP contribution >= 0.6 is 11.3 Å². The minimum atomic E-state index is 0.156. The summed E-state index contributed by atoms with van der Waals surface area (Å²) in [5, 5.41) is 5.44. The zero-order chi connectivity index (χ0) is 17.4. The van der Waals surface area contributed by atoms with Gasteiger partial charge < -0.3 is 10.2 Å². The number of carbonyl (C=O) groups excluding carboxylic acids is 1. The molecule has 0 radical (unpaired) electrons. The number of aryl methyl sites for hydroxylation is 2. The molecule has 25 heavy (non-hydrogen) atoms. The lowest BCUT2D eigenvalue weighted by atomic mass is 9.96. The number of amides is 1. The summed E-state index contributed by atoms with van der Waals surface area (Å²) < 4.78 is 0. The Kier molecular flexibility index (Phi) is 4.65. The average molecular weight is 356 g/mol. The molecule has 1 aromatic carbocycles. The highest BCUT2D eigenvalue weighted by atomic mass is 32.1. The van der Waals surface area contributed by atoms with Crippen molar-refractivity contribution in [2.45, 2.75) is 45.6 Å². The lowest BCUT2D eigenvalue weighted by Crippen LogP contribution is -3.14. The van der Waals surface area contributed by atoms with E-state index in [9.17, 15) is 4.79 Å². The standard InChI is InChI=1S/C21H26N2OS/c1-3-15-6-4-5-14(2)20(15)22-19(24)13-23-11-9-18-17(10-12-25-18)21(23)16-7-8-16/h4-6,10,12,16,21H,3,7-9,11,13H2,1-2H3,(H,22,24)/p+1/t21-/m0/s1. The Balaban J connectivity index is 1.50. The molecule has 1 aliphatic heterocycles. The molecule has 4 heteroatoms. The first-order valence-electron chi connectivity index (χ1n) is 9.46. The van der Waals surface area contributed by atoms with E-state index >= 15 is 0 Å². The van der Waals surface area contributed by atoms with E-state index < -0.39 is 0 Å². The topological polar surface area (TPSA) is 33.5 Å². The van der Waals surface area contributed by atoms with Gasteiger partial charge in [0.2, 0.25) is 0 Å². The molecule has 0 spiro atoms. The molecule has 2 heterocycles. The van der Waals surface area contributed by atoms with Crippen LogP contribution in [0, 0.1) is 12.8 Å². The number of hydrogen-bond acceptors (Lipinski definition) is 2. The van der Waals surface area contributed by atoms with Gasteiger partial charge in [-0.15, -0.1) is 11.3 Å². The van der Waals surface area contributed by atoms with Crippen LogP contribution in [0.3, 0.4) is 0 Å². The molecular weight excluding hydrogens is 328 g/mol. The Labute approximate surface area is 154 Å². The van der Waals surface area contributed by atoms with Crippen molar-refractivity contribution in [3.63, 3.8) is 0 Å². The summed E-state index contributed by atoms with van der Waals surface area (Å²) in [6.07, 6.45) is 4.70. The maximum atomic E-state index is 12.8. The fourth-order valence-corrected chi connectivity index (χ4v) is 5.22. The lowest BCUT2D eigenvalue weighted by molar-refractivity contribution is -0.928. The smallest absolute Gasteiger partial charge is 0.279 e. The third kappa shape index (κ3) is 3.38. The van der Waals surface area contributed by atoms with Gasteiger partial charge in [0.05, 0.1) is 6.54 Å². The zero-order valence-corrected chi connectivity index (χ0v) is 15.9. The highest BCUT2D eigenvalue weighted by Gasteiger charge is 2.43. The zero-order valence-electron chi connectivity index (χ0n) is 15.1. The van der Waals surface area contributed by atoms with Crippen LogP contribution in [0.4, 0.5) is 5.69 Å². The number of anilines is 1. The molecule has 1 aliphatic carbocycles. The molecule has 1 saturated carbocycles. The van der Waals surface area contributed by atoms with Crippen molar-refractivity contribution < 1.29 is 9.69 Å². The third-order valence-corrected chi connectivity index (χ3v) is 6.71. The number of benzene rings is 1. The number of fused-ring (bicyclic) bond motifs is 1. The van der Waals surface area contributed by atoms with Gasteiger partial charge >= 0.3 is 0 Å². The van der Waals surface area contributed by atoms with E-state index in [4.69, 9.17) is 0 Å². The van der Waals surface area contributed by atoms with Crippen molar-refractivity contribution in [3.8, 4) is 0 Å². The number of nitrogens with one attached hydrogen (secondary N) is 2. The lowest BCUT2D eigenvalue weighted by Gasteiger charge is -2.32. The normalized spacial score (nSPS) is 22.5. The summed E-state index contributed by atoms with van der Waals surface area (Å²) >= 11 is 1.89. The molecule has 2 atom stereocenters. The molecule has 1 fully saturated rings. The molecule has 2 N–H and O–H groups in total. The van der Waals surface area contributed by atoms with Gasteiger partial charge in [0, 0.05) is 28.5 Å². The summed E-state index contributed by atoms with van der Waals surface area (Å²) in [5.41, 5.74) is 4.92. The minimum Gasteiger partial charge on any atom is -0.321 e. The highest BCUT2D eigenvalue weighted by molar-refractivity contribution is 7.10. The predicted octanol–water partition coefficient (Wildman–Crippen LogP) is 3.15. The molecule has 0 saturated heterocycles. The van der Waals surface area contributed by atoms with Gasteiger partial charge in [0.1, 0.15) is 6.04 Å². The van der Waals surface area contributed by atoms with Crippen molar-refractivity contribution in [1.29, 1.82) is 0 Å². The maximum absolute atomic E-state index is 12.8. The molecule has 1 aromatic heterocycles. The molecule has 1 amide bonds. The Morgan fingerprint density at radius 1 is 1.32 bits per heavy atom. The highest BCUT2D eigenvalue weighted by Crippen LogP contribution is 2.42. The first-order chi connectivity index (χ1) is 12.2. The Morgan fingerprint density at radius 2 is 2.16 bits per heavy atom. The fourth-order valence-electron chi connectivity index (χ4n) is 4.29.